The van der Waals surface area contributed by atoms with Crippen LogP contribution in [0.2, 0.25) is 0 Å². The van der Waals surface area contributed by atoms with E-state index in [1.165, 1.54) is 25.7 Å². The molecular weight excluding hydrogens is 314 g/mol. The maximum Gasteiger partial charge on any atom is 0.191 e. The zero-order valence-corrected chi connectivity index (χ0v) is 15.9. The number of nitrogens with zero attached hydrogens (tertiary/aromatic N) is 3. The van der Waals surface area contributed by atoms with E-state index in [-0.39, 0.29) is 6.04 Å². The molecule has 25 heavy (non-hydrogen) atoms. The Morgan fingerprint density at radius 2 is 2.00 bits per heavy atom. The molecule has 1 aromatic heterocycles. The molecule has 2 atom stereocenters. The first-order chi connectivity index (χ1) is 12.2. The zero-order valence-electron chi connectivity index (χ0n) is 15.9. The highest BCUT2D eigenvalue weighted by Gasteiger charge is 2.32. The molecule has 1 saturated heterocycles. The number of likely N-dealkylation sites (tertiary alicyclic amines) is 1. The van der Waals surface area contributed by atoms with Gasteiger partial charge in [-0.2, -0.15) is 0 Å². The van der Waals surface area contributed by atoms with Crippen LogP contribution in [0.4, 0.5) is 0 Å². The van der Waals surface area contributed by atoms with E-state index in [2.05, 4.69) is 45.6 Å². The third-order valence-electron chi connectivity index (χ3n) is 5.45. The molecule has 6 nitrogen and oxygen atoms in total. The first-order valence-electron chi connectivity index (χ1n) is 9.57. The molecule has 0 amide bonds. The zero-order chi connectivity index (χ0) is 17.6. The van der Waals surface area contributed by atoms with Crippen LogP contribution in [0.1, 0.15) is 37.5 Å². The summed E-state index contributed by atoms with van der Waals surface area (Å²) in [4.78, 5) is 9.24. The molecule has 0 bridgehead atoms. The number of hydrogen-bond acceptors (Lipinski definition) is 4. The Bertz CT molecular complexity index is 530. The largest absolute Gasteiger partial charge is 0.468 e. The normalized spacial score (nSPS) is 21.5. The lowest BCUT2D eigenvalue weighted by Crippen LogP contribution is -2.47. The summed E-state index contributed by atoms with van der Waals surface area (Å²) in [6.07, 6.45) is 7.02. The molecule has 2 unspecified atom stereocenters. The van der Waals surface area contributed by atoms with E-state index < -0.39 is 0 Å². The van der Waals surface area contributed by atoms with Crippen LogP contribution in [0.5, 0.6) is 0 Å². The molecular formula is C19H33N5O. The summed E-state index contributed by atoms with van der Waals surface area (Å²) >= 11 is 0. The highest BCUT2D eigenvalue weighted by atomic mass is 16.3. The number of nitrogens with one attached hydrogen (secondary N) is 2. The van der Waals surface area contributed by atoms with Crippen LogP contribution in [-0.2, 0) is 0 Å². The van der Waals surface area contributed by atoms with Crippen molar-refractivity contribution < 1.29 is 4.42 Å². The number of rotatable bonds is 8. The van der Waals surface area contributed by atoms with Gasteiger partial charge in [-0.3, -0.25) is 9.89 Å². The number of guanidine groups is 1. The van der Waals surface area contributed by atoms with E-state index in [1.807, 2.05) is 13.1 Å². The highest BCUT2D eigenvalue weighted by Crippen LogP contribution is 2.34. The molecule has 2 aliphatic rings. The lowest BCUT2D eigenvalue weighted by molar-refractivity contribution is 0.215. The van der Waals surface area contributed by atoms with Gasteiger partial charge in [-0.25, -0.2) is 0 Å². The van der Waals surface area contributed by atoms with E-state index in [1.54, 1.807) is 6.26 Å². The fourth-order valence-corrected chi connectivity index (χ4v) is 3.81. The molecule has 140 valence electrons. The lowest BCUT2D eigenvalue weighted by atomic mass is 10.1. The van der Waals surface area contributed by atoms with E-state index in [4.69, 9.17) is 4.42 Å². The van der Waals surface area contributed by atoms with Crippen LogP contribution in [-0.4, -0.2) is 69.1 Å². The Labute approximate surface area is 151 Å². The Hall–Kier alpha value is -1.53. The van der Waals surface area contributed by atoms with Gasteiger partial charge in [0.25, 0.3) is 0 Å². The molecule has 0 spiro atoms. The molecule has 3 rings (SSSR count). The second kappa shape index (κ2) is 8.72. The average Bonchev–Trinajstić information content (AvgIpc) is 3.07. The Morgan fingerprint density at radius 3 is 2.56 bits per heavy atom. The summed E-state index contributed by atoms with van der Waals surface area (Å²) in [5.74, 6) is 2.75. The van der Waals surface area contributed by atoms with Gasteiger partial charge in [-0.15, -0.1) is 0 Å². The fourth-order valence-electron chi connectivity index (χ4n) is 3.81. The van der Waals surface area contributed by atoms with Crippen LogP contribution in [0.15, 0.2) is 27.8 Å². The van der Waals surface area contributed by atoms with Crippen molar-refractivity contribution in [3.63, 3.8) is 0 Å². The summed E-state index contributed by atoms with van der Waals surface area (Å²) in [7, 11) is 6.18. The van der Waals surface area contributed by atoms with Gasteiger partial charge in [0, 0.05) is 26.2 Å². The average molecular weight is 348 g/mol. The predicted octanol–water partition coefficient (Wildman–Crippen LogP) is 1.92. The summed E-state index contributed by atoms with van der Waals surface area (Å²) in [5.41, 5.74) is 0. The van der Waals surface area contributed by atoms with Gasteiger partial charge >= 0.3 is 0 Å². The van der Waals surface area contributed by atoms with Crippen molar-refractivity contribution in [2.24, 2.45) is 10.9 Å². The van der Waals surface area contributed by atoms with Crippen molar-refractivity contribution >= 4 is 5.96 Å². The maximum absolute atomic E-state index is 5.69. The third-order valence-corrected chi connectivity index (χ3v) is 5.45. The Balaban J connectivity index is 1.53. The van der Waals surface area contributed by atoms with Crippen LogP contribution >= 0.6 is 0 Å². The summed E-state index contributed by atoms with van der Waals surface area (Å²) in [5, 5.41) is 7.02. The van der Waals surface area contributed by atoms with E-state index >= 15 is 0 Å². The second-order valence-electron chi connectivity index (χ2n) is 7.48. The number of aliphatic imine (C=N–C) groups is 1. The van der Waals surface area contributed by atoms with Crippen molar-refractivity contribution in [2.45, 2.75) is 37.8 Å². The van der Waals surface area contributed by atoms with Crippen LogP contribution in [0.25, 0.3) is 0 Å². The number of likely N-dealkylation sites (N-methyl/N-ethyl adjacent to an activating group) is 1. The second-order valence-corrected chi connectivity index (χ2v) is 7.48. The van der Waals surface area contributed by atoms with Gasteiger partial charge in [-0.05, 0) is 70.9 Å². The molecule has 1 aliphatic carbocycles. The highest BCUT2D eigenvalue weighted by molar-refractivity contribution is 5.79. The monoisotopic (exact) mass is 347 g/mol. The van der Waals surface area contributed by atoms with Gasteiger partial charge < -0.3 is 20.0 Å². The molecule has 1 aliphatic heterocycles. The molecule has 0 radical (unpaired) electrons. The quantitative estimate of drug-likeness (QED) is 0.556. The van der Waals surface area contributed by atoms with Crippen LogP contribution < -0.4 is 10.6 Å². The van der Waals surface area contributed by atoms with Crippen molar-refractivity contribution in [2.75, 3.05) is 47.3 Å². The van der Waals surface area contributed by atoms with Gasteiger partial charge in [-0.1, -0.05) is 0 Å². The van der Waals surface area contributed by atoms with E-state index in [0.717, 1.165) is 43.8 Å². The predicted molar refractivity (Wildman–Crippen MR) is 102 cm³/mol. The van der Waals surface area contributed by atoms with E-state index in [9.17, 15) is 0 Å². The molecule has 2 fully saturated rings. The van der Waals surface area contributed by atoms with Crippen molar-refractivity contribution in [1.82, 2.24) is 20.4 Å². The van der Waals surface area contributed by atoms with Gasteiger partial charge in [0.15, 0.2) is 5.96 Å². The number of furan rings is 1. The van der Waals surface area contributed by atoms with E-state index in [0.29, 0.717) is 6.04 Å². The van der Waals surface area contributed by atoms with Crippen LogP contribution in [0, 0.1) is 5.92 Å². The van der Waals surface area contributed by atoms with Crippen molar-refractivity contribution in [3.8, 4) is 0 Å². The standard InChI is InChI=1S/C19H33N5O/c1-20-19(21-13-16(23(2)3)15-8-9-15)22-14-17(18-7-6-12-25-18)24-10-4-5-11-24/h6-7,12,15-17H,4-5,8-11,13-14H2,1-3H3,(H2,20,21,22). The first-order valence-corrected chi connectivity index (χ1v) is 9.57. The third kappa shape index (κ3) is 4.98. The number of hydrogen-bond donors (Lipinski definition) is 2. The van der Waals surface area contributed by atoms with Crippen LogP contribution in [0.3, 0.4) is 0 Å². The lowest BCUT2D eigenvalue weighted by Gasteiger charge is -2.28. The molecule has 0 aromatic carbocycles. The molecule has 1 saturated carbocycles. The Kier molecular flexibility index (Phi) is 6.37. The maximum atomic E-state index is 5.69. The Morgan fingerprint density at radius 1 is 1.28 bits per heavy atom. The SMILES string of the molecule is CN=C(NCC(C1CC1)N(C)C)NCC(c1ccco1)N1CCCC1. The molecule has 2 heterocycles. The van der Waals surface area contributed by atoms with Gasteiger partial charge in [0.1, 0.15) is 5.76 Å². The fraction of sp³-hybridized carbons (Fsp3) is 0.737. The smallest absolute Gasteiger partial charge is 0.191 e. The van der Waals surface area contributed by atoms with Gasteiger partial charge in [0.2, 0.25) is 0 Å². The molecule has 1 aromatic rings. The minimum absolute atomic E-state index is 0.268. The summed E-state index contributed by atoms with van der Waals surface area (Å²) in [6, 6.07) is 4.90. The summed E-state index contributed by atoms with van der Waals surface area (Å²) in [6.45, 7) is 4.03. The first kappa shape index (κ1) is 18.3. The van der Waals surface area contributed by atoms with Crippen molar-refractivity contribution in [3.05, 3.63) is 24.2 Å². The minimum atomic E-state index is 0.268. The molecule has 2 N–H and O–H groups in total. The molecule has 6 heteroatoms. The van der Waals surface area contributed by atoms with Gasteiger partial charge in [0.05, 0.1) is 12.3 Å². The van der Waals surface area contributed by atoms with Crippen molar-refractivity contribution in [1.29, 1.82) is 0 Å². The minimum Gasteiger partial charge on any atom is -0.468 e. The topological polar surface area (TPSA) is 56.0 Å². The summed E-state index contributed by atoms with van der Waals surface area (Å²) < 4.78 is 5.69.